The molecule has 4 heterocycles. The first kappa shape index (κ1) is 29.1. The Morgan fingerprint density at radius 2 is 1.84 bits per heavy atom. The highest BCUT2D eigenvalue weighted by atomic mass is 32.2. The smallest absolute Gasteiger partial charge is 0.311 e. The highest BCUT2D eigenvalue weighted by molar-refractivity contribution is 7.90. The fourth-order valence-electron chi connectivity index (χ4n) is 6.94. The van der Waals surface area contributed by atoms with Crippen LogP contribution in [0.3, 0.4) is 0 Å². The maximum atomic E-state index is 14.6. The van der Waals surface area contributed by atoms with Crippen LogP contribution >= 0.6 is 0 Å². The van der Waals surface area contributed by atoms with Crippen molar-refractivity contribution in [2.45, 2.75) is 50.5 Å². The number of anilines is 1. The molecule has 2 bridgehead atoms. The van der Waals surface area contributed by atoms with Gasteiger partial charge in [-0.25, -0.2) is 31.3 Å². The van der Waals surface area contributed by atoms with E-state index in [1.54, 1.807) is 25.1 Å². The molecule has 4 aromatic heterocycles. The number of aryl methyl sites for hydroxylation is 1. The maximum absolute atomic E-state index is 14.6. The monoisotopic (exact) mass is 630 g/mol. The zero-order valence-electron chi connectivity index (χ0n) is 24.7. The Balaban J connectivity index is 1.39. The first-order valence-corrected chi connectivity index (χ1v) is 16.4. The topological polar surface area (TPSA) is 138 Å². The standard InChI is InChI=1S/C32H31FN6O5S/c1-3-44-32(41)27-20-6-8-21(9-7-20)28(27)35-30-26-12-19(17-40)15-38(26)37-29(36-30)25-16-39(31-24(25)13-22(33)14-34-31)45(42,43)23-10-4-18(2)5-11-23/h4-5,10-17,20-21,27-28H,3,6-9H2,1-2H3,(H,35,36,37)/t20-,21+,27-,28-/m0/s1. The second-order valence-corrected chi connectivity index (χ2v) is 13.6. The maximum Gasteiger partial charge on any atom is 0.311 e. The first-order valence-electron chi connectivity index (χ1n) is 15.0. The van der Waals surface area contributed by atoms with Crippen molar-refractivity contribution < 1.29 is 27.1 Å². The van der Waals surface area contributed by atoms with E-state index in [0.717, 1.165) is 41.4 Å². The Bertz CT molecular complexity index is 2070. The van der Waals surface area contributed by atoms with Crippen LogP contribution < -0.4 is 5.32 Å². The molecule has 2 atom stereocenters. The number of rotatable bonds is 8. The number of aldehydes is 1. The predicted molar refractivity (Wildman–Crippen MR) is 164 cm³/mol. The van der Waals surface area contributed by atoms with Crippen LogP contribution in [0.2, 0.25) is 0 Å². The molecule has 5 aromatic rings. The molecule has 45 heavy (non-hydrogen) atoms. The Morgan fingerprint density at radius 1 is 1.11 bits per heavy atom. The third-order valence-electron chi connectivity index (χ3n) is 9.10. The number of esters is 1. The minimum atomic E-state index is -4.13. The average molecular weight is 631 g/mol. The van der Waals surface area contributed by atoms with Crippen LogP contribution in [-0.4, -0.2) is 56.9 Å². The summed E-state index contributed by atoms with van der Waals surface area (Å²) >= 11 is 0. The van der Waals surface area contributed by atoms with Crippen molar-refractivity contribution in [1.82, 2.24) is 23.6 Å². The highest BCUT2D eigenvalue weighted by Gasteiger charge is 2.48. The lowest BCUT2D eigenvalue weighted by Gasteiger charge is -2.47. The molecule has 13 heteroatoms. The van der Waals surface area contributed by atoms with Crippen LogP contribution in [0.25, 0.3) is 27.9 Å². The third-order valence-corrected chi connectivity index (χ3v) is 10.8. The largest absolute Gasteiger partial charge is 0.466 e. The summed E-state index contributed by atoms with van der Waals surface area (Å²) in [5.41, 5.74) is 2.00. The summed E-state index contributed by atoms with van der Waals surface area (Å²) in [4.78, 5) is 33.9. The lowest BCUT2D eigenvalue weighted by molar-refractivity contribution is -0.154. The van der Waals surface area contributed by atoms with Gasteiger partial charge >= 0.3 is 5.97 Å². The minimum absolute atomic E-state index is 0.0123. The molecular formula is C32H31FN6O5S. The van der Waals surface area contributed by atoms with Crippen molar-refractivity contribution in [2.24, 2.45) is 17.8 Å². The minimum Gasteiger partial charge on any atom is -0.466 e. The second kappa shape index (κ2) is 11.1. The van der Waals surface area contributed by atoms with Gasteiger partial charge in [0.15, 0.2) is 23.6 Å². The van der Waals surface area contributed by atoms with E-state index in [1.165, 1.54) is 35.1 Å². The number of benzene rings is 1. The SMILES string of the molecule is CCOC(=O)[C@H]1[C@H]2CC[C@H](CC2)[C@@H]1Nc1nc(-c2cn(S(=O)(=O)c3ccc(C)cc3)c3ncc(F)cc23)nn2cc(C=O)cc12. The summed E-state index contributed by atoms with van der Waals surface area (Å²) < 4.78 is 50.1. The molecule has 1 aromatic carbocycles. The molecule has 0 amide bonds. The van der Waals surface area contributed by atoms with Crippen LogP contribution in [0.5, 0.6) is 0 Å². The van der Waals surface area contributed by atoms with E-state index in [4.69, 9.17) is 9.72 Å². The lowest BCUT2D eigenvalue weighted by atomic mass is 9.61. The van der Waals surface area contributed by atoms with E-state index in [2.05, 4.69) is 15.4 Å². The lowest BCUT2D eigenvalue weighted by Crippen LogP contribution is -2.52. The molecule has 232 valence electrons. The number of fused-ring (bicyclic) bond motifs is 5. The first-order chi connectivity index (χ1) is 21.7. The van der Waals surface area contributed by atoms with Crippen LogP contribution in [0.1, 0.15) is 48.5 Å². The summed E-state index contributed by atoms with van der Waals surface area (Å²) in [6, 6.07) is 8.97. The molecule has 8 rings (SSSR count). The van der Waals surface area contributed by atoms with Crippen molar-refractivity contribution in [3.8, 4) is 11.4 Å². The number of aromatic nitrogens is 5. The molecule has 0 aliphatic heterocycles. The van der Waals surface area contributed by atoms with Crippen LogP contribution in [0.15, 0.2) is 59.9 Å². The van der Waals surface area contributed by atoms with Gasteiger partial charge in [0.2, 0.25) is 0 Å². The van der Waals surface area contributed by atoms with Gasteiger partial charge in [-0.3, -0.25) is 9.59 Å². The van der Waals surface area contributed by atoms with Gasteiger partial charge in [0.1, 0.15) is 11.3 Å². The number of carbonyl (C=O) groups excluding carboxylic acids is 2. The Kier molecular flexibility index (Phi) is 7.15. The quantitative estimate of drug-likeness (QED) is 0.185. The Labute approximate surface area is 258 Å². The molecule has 3 saturated carbocycles. The zero-order chi connectivity index (χ0) is 31.5. The molecule has 0 spiro atoms. The van der Waals surface area contributed by atoms with Gasteiger partial charge in [0.05, 0.1) is 23.6 Å². The van der Waals surface area contributed by atoms with E-state index in [-0.39, 0.29) is 63.7 Å². The van der Waals surface area contributed by atoms with Crippen molar-refractivity contribution in [3.05, 3.63) is 71.9 Å². The molecule has 0 unspecified atom stereocenters. The fraction of sp³-hybridized carbons (Fsp3) is 0.344. The third kappa shape index (κ3) is 4.95. The van der Waals surface area contributed by atoms with E-state index in [0.29, 0.717) is 23.2 Å². The normalized spacial score (nSPS) is 21.3. The number of hydrogen-bond donors (Lipinski definition) is 1. The van der Waals surface area contributed by atoms with Crippen molar-refractivity contribution in [3.63, 3.8) is 0 Å². The summed E-state index contributed by atoms with van der Waals surface area (Å²) in [6.45, 7) is 3.92. The van der Waals surface area contributed by atoms with Crippen molar-refractivity contribution in [1.29, 1.82) is 0 Å². The summed E-state index contributed by atoms with van der Waals surface area (Å²) in [5.74, 6) is -0.425. The number of ether oxygens (including phenoxy) is 1. The van der Waals surface area contributed by atoms with Crippen LogP contribution in [0.4, 0.5) is 10.2 Å². The fourth-order valence-corrected chi connectivity index (χ4v) is 8.26. The highest BCUT2D eigenvalue weighted by Crippen LogP contribution is 2.47. The van der Waals surface area contributed by atoms with Gasteiger partial charge in [-0.1, -0.05) is 17.7 Å². The Hall–Kier alpha value is -4.65. The summed E-state index contributed by atoms with van der Waals surface area (Å²) in [7, 11) is -4.13. The van der Waals surface area contributed by atoms with Gasteiger partial charge in [-0.05, 0) is 75.6 Å². The van der Waals surface area contributed by atoms with E-state index in [1.807, 2.05) is 6.92 Å². The van der Waals surface area contributed by atoms with Crippen LogP contribution in [0, 0.1) is 30.5 Å². The van der Waals surface area contributed by atoms with E-state index >= 15 is 0 Å². The van der Waals surface area contributed by atoms with Crippen molar-refractivity contribution >= 4 is 44.6 Å². The molecule has 3 aliphatic carbocycles. The molecule has 3 aliphatic rings. The zero-order valence-corrected chi connectivity index (χ0v) is 25.5. The average Bonchev–Trinajstić information content (AvgIpc) is 3.64. The van der Waals surface area contributed by atoms with Gasteiger partial charge in [-0.15, -0.1) is 5.10 Å². The predicted octanol–water partition coefficient (Wildman–Crippen LogP) is 5.02. The summed E-state index contributed by atoms with van der Waals surface area (Å²) in [5, 5.41) is 8.33. The Morgan fingerprint density at radius 3 is 2.56 bits per heavy atom. The van der Waals surface area contributed by atoms with Gasteiger partial charge in [0, 0.05) is 34.9 Å². The van der Waals surface area contributed by atoms with Crippen molar-refractivity contribution in [2.75, 3.05) is 11.9 Å². The molecule has 0 saturated heterocycles. The molecule has 11 nitrogen and oxygen atoms in total. The molecule has 3 fully saturated rings. The van der Waals surface area contributed by atoms with Crippen LogP contribution in [-0.2, 0) is 19.6 Å². The number of pyridine rings is 1. The second-order valence-electron chi connectivity index (χ2n) is 11.8. The van der Waals surface area contributed by atoms with Gasteiger partial charge in [0.25, 0.3) is 10.0 Å². The number of halogens is 1. The number of hydrogen-bond acceptors (Lipinski definition) is 9. The van der Waals surface area contributed by atoms with Gasteiger partial charge < -0.3 is 10.1 Å². The molecule has 1 N–H and O–H groups in total. The number of carbonyl (C=O) groups is 2. The molecular weight excluding hydrogens is 599 g/mol. The molecule has 0 radical (unpaired) electrons. The number of nitrogens with zero attached hydrogens (tertiary/aromatic N) is 5. The van der Waals surface area contributed by atoms with E-state index < -0.39 is 15.8 Å². The van der Waals surface area contributed by atoms with Gasteiger partial charge in [-0.2, -0.15) is 0 Å². The van der Waals surface area contributed by atoms with E-state index in [9.17, 15) is 22.4 Å². The summed E-state index contributed by atoms with van der Waals surface area (Å²) in [6.07, 6.45) is 8.35. The number of nitrogens with one attached hydrogen (secondary N) is 1.